The number of aliphatic imine (C=N–C) groups is 1. The Labute approximate surface area is 88.6 Å². The Morgan fingerprint density at radius 1 is 1.50 bits per heavy atom. The zero-order chi connectivity index (χ0) is 10.2. The number of dihydropyridines is 1. The highest BCUT2D eigenvalue weighted by Crippen LogP contribution is 2.37. The molecule has 0 aromatic rings. The lowest BCUT2D eigenvalue weighted by molar-refractivity contribution is 0.0942. The lowest BCUT2D eigenvalue weighted by Crippen LogP contribution is -2.42. The topological polar surface area (TPSA) is 21.6 Å². The summed E-state index contributed by atoms with van der Waals surface area (Å²) in [6, 6.07) is 0. The van der Waals surface area contributed by atoms with E-state index in [-0.39, 0.29) is 11.6 Å². The maximum absolute atomic E-state index is 6.11. The average molecular weight is 210 g/mol. The molecule has 14 heavy (non-hydrogen) atoms. The van der Waals surface area contributed by atoms with E-state index in [2.05, 4.69) is 4.99 Å². The van der Waals surface area contributed by atoms with Crippen LogP contribution in [0.2, 0.25) is 0 Å². The number of rotatable bonds is 1. The summed E-state index contributed by atoms with van der Waals surface area (Å²) >= 11 is 6.11. The Balaban J connectivity index is 2.51. The summed E-state index contributed by atoms with van der Waals surface area (Å²) in [5.41, 5.74) is 0.658. The van der Waals surface area contributed by atoms with E-state index in [1.54, 1.807) is 13.3 Å². The average Bonchev–Trinajstić information content (AvgIpc) is 2.18. The minimum Gasteiger partial charge on any atom is -0.374 e. The highest BCUT2D eigenvalue weighted by Gasteiger charge is 2.39. The standard InChI is InChI=1S/C11H12ClNO/c1-11-8(4-3-7-13-11)9(12)5-6-10(11)14-2/h3-7,10H,1-2H3. The van der Waals surface area contributed by atoms with Crippen LogP contribution in [0.5, 0.6) is 0 Å². The van der Waals surface area contributed by atoms with Gasteiger partial charge < -0.3 is 4.74 Å². The zero-order valence-electron chi connectivity index (χ0n) is 8.20. The van der Waals surface area contributed by atoms with Crippen molar-refractivity contribution >= 4 is 17.8 Å². The number of fused-ring (bicyclic) bond motifs is 1. The van der Waals surface area contributed by atoms with Crippen LogP contribution >= 0.6 is 11.6 Å². The second-order valence-corrected chi connectivity index (χ2v) is 3.97. The predicted molar refractivity (Wildman–Crippen MR) is 58.9 cm³/mol. The third kappa shape index (κ3) is 1.26. The molecule has 0 radical (unpaired) electrons. The van der Waals surface area contributed by atoms with Crippen LogP contribution in [0, 0.1) is 0 Å². The minimum atomic E-state index is -0.366. The Morgan fingerprint density at radius 3 is 3.00 bits per heavy atom. The first kappa shape index (κ1) is 9.69. The van der Waals surface area contributed by atoms with Crippen molar-refractivity contribution in [3.05, 3.63) is 34.9 Å². The van der Waals surface area contributed by atoms with Crippen molar-refractivity contribution in [2.45, 2.75) is 18.6 Å². The number of halogens is 1. The number of methoxy groups -OCH3 is 1. The molecule has 1 aliphatic carbocycles. The van der Waals surface area contributed by atoms with E-state index in [9.17, 15) is 0 Å². The first-order valence-corrected chi connectivity index (χ1v) is 4.89. The van der Waals surface area contributed by atoms with Crippen LogP contribution in [0.25, 0.3) is 0 Å². The molecule has 2 unspecified atom stereocenters. The fraction of sp³-hybridized carbons (Fsp3) is 0.364. The Kier molecular flexibility index (Phi) is 2.33. The van der Waals surface area contributed by atoms with E-state index in [1.807, 2.05) is 31.2 Å². The molecular weight excluding hydrogens is 198 g/mol. The Bertz CT molecular complexity index is 367. The van der Waals surface area contributed by atoms with Gasteiger partial charge in [0.15, 0.2) is 0 Å². The summed E-state index contributed by atoms with van der Waals surface area (Å²) in [4.78, 5) is 4.46. The molecule has 0 bridgehead atoms. The quantitative estimate of drug-likeness (QED) is 0.650. The lowest BCUT2D eigenvalue weighted by Gasteiger charge is -2.36. The SMILES string of the molecule is COC1C=CC(Cl)=C2C=CC=NC21C. The van der Waals surface area contributed by atoms with E-state index in [0.29, 0.717) is 0 Å². The second kappa shape index (κ2) is 3.37. The first-order chi connectivity index (χ1) is 6.68. The maximum atomic E-state index is 6.11. The van der Waals surface area contributed by atoms with Gasteiger partial charge in [0, 0.05) is 23.9 Å². The Hall–Kier alpha value is -0.860. The summed E-state index contributed by atoms with van der Waals surface area (Å²) in [5, 5.41) is 0.744. The predicted octanol–water partition coefficient (Wildman–Crippen LogP) is 2.46. The summed E-state index contributed by atoms with van der Waals surface area (Å²) in [7, 11) is 1.69. The molecule has 74 valence electrons. The maximum Gasteiger partial charge on any atom is 0.114 e. The van der Waals surface area contributed by atoms with Crippen LogP contribution in [0.15, 0.2) is 39.9 Å². The van der Waals surface area contributed by atoms with Gasteiger partial charge in [-0.25, -0.2) is 0 Å². The third-order valence-electron chi connectivity index (χ3n) is 2.72. The fourth-order valence-electron chi connectivity index (χ4n) is 1.88. The molecule has 1 aliphatic heterocycles. The van der Waals surface area contributed by atoms with E-state index >= 15 is 0 Å². The summed E-state index contributed by atoms with van der Waals surface area (Å²) < 4.78 is 5.38. The molecule has 0 aromatic carbocycles. The van der Waals surface area contributed by atoms with Crippen molar-refractivity contribution in [3.8, 4) is 0 Å². The molecule has 2 nitrogen and oxygen atoms in total. The summed E-state index contributed by atoms with van der Waals surface area (Å²) in [5.74, 6) is 0. The fourth-order valence-corrected chi connectivity index (χ4v) is 2.21. The zero-order valence-corrected chi connectivity index (χ0v) is 8.95. The molecule has 0 N–H and O–H groups in total. The smallest absolute Gasteiger partial charge is 0.114 e. The summed E-state index contributed by atoms with van der Waals surface area (Å²) in [6.07, 6.45) is 9.45. The molecule has 0 fully saturated rings. The number of hydrogen-bond donors (Lipinski definition) is 0. The van der Waals surface area contributed by atoms with Gasteiger partial charge in [-0.1, -0.05) is 23.8 Å². The van der Waals surface area contributed by atoms with Crippen molar-refractivity contribution in [1.82, 2.24) is 0 Å². The van der Waals surface area contributed by atoms with Crippen molar-refractivity contribution in [1.29, 1.82) is 0 Å². The van der Waals surface area contributed by atoms with Gasteiger partial charge in [0.05, 0.1) is 0 Å². The van der Waals surface area contributed by atoms with E-state index < -0.39 is 0 Å². The highest BCUT2D eigenvalue weighted by atomic mass is 35.5. The van der Waals surface area contributed by atoms with Gasteiger partial charge in [-0.3, -0.25) is 4.99 Å². The van der Waals surface area contributed by atoms with Gasteiger partial charge in [0.1, 0.15) is 11.6 Å². The molecule has 1 heterocycles. The van der Waals surface area contributed by atoms with Gasteiger partial charge in [0.25, 0.3) is 0 Å². The molecule has 2 rings (SSSR count). The number of ether oxygens (including phenoxy) is 1. The first-order valence-electron chi connectivity index (χ1n) is 4.51. The molecule has 0 spiro atoms. The van der Waals surface area contributed by atoms with Crippen LogP contribution in [0.4, 0.5) is 0 Å². The van der Waals surface area contributed by atoms with Crippen molar-refractivity contribution in [3.63, 3.8) is 0 Å². The van der Waals surface area contributed by atoms with Gasteiger partial charge in [-0.2, -0.15) is 0 Å². The van der Waals surface area contributed by atoms with E-state index in [1.165, 1.54) is 0 Å². The summed E-state index contributed by atoms with van der Waals surface area (Å²) in [6.45, 7) is 2.03. The van der Waals surface area contributed by atoms with Crippen LogP contribution in [0.3, 0.4) is 0 Å². The van der Waals surface area contributed by atoms with Crippen LogP contribution in [-0.2, 0) is 4.74 Å². The molecule has 0 aromatic heterocycles. The molecule has 2 atom stereocenters. The van der Waals surface area contributed by atoms with Gasteiger partial charge in [-0.05, 0) is 19.1 Å². The van der Waals surface area contributed by atoms with Crippen molar-refractivity contribution < 1.29 is 4.74 Å². The Morgan fingerprint density at radius 2 is 2.29 bits per heavy atom. The largest absolute Gasteiger partial charge is 0.374 e. The molecule has 3 heteroatoms. The van der Waals surface area contributed by atoms with E-state index in [0.717, 1.165) is 10.6 Å². The third-order valence-corrected chi connectivity index (χ3v) is 3.05. The molecular formula is C11H12ClNO. The minimum absolute atomic E-state index is 0.0406. The lowest BCUT2D eigenvalue weighted by atomic mass is 9.81. The van der Waals surface area contributed by atoms with Crippen molar-refractivity contribution in [2.75, 3.05) is 7.11 Å². The van der Waals surface area contributed by atoms with Gasteiger partial charge >= 0.3 is 0 Å². The van der Waals surface area contributed by atoms with E-state index in [4.69, 9.17) is 16.3 Å². The molecule has 2 aliphatic rings. The normalized spacial score (nSPS) is 34.9. The van der Waals surface area contributed by atoms with Crippen LogP contribution in [-0.4, -0.2) is 25.0 Å². The van der Waals surface area contributed by atoms with Gasteiger partial charge in [-0.15, -0.1) is 0 Å². The van der Waals surface area contributed by atoms with Crippen LogP contribution < -0.4 is 0 Å². The molecule has 0 saturated heterocycles. The second-order valence-electron chi connectivity index (χ2n) is 3.56. The number of hydrogen-bond acceptors (Lipinski definition) is 2. The molecule has 0 amide bonds. The van der Waals surface area contributed by atoms with Crippen LogP contribution in [0.1, 0.15) is 6.92 Å². The molecule has 0 saturated carbocycles. The monoisotopic (exact) mass is 209 g/mol. The number of allylic oxidation sites excluding steroid dienone is 3. The van der Waals surface area contributed by atoms with Gasteiger partial charge in [0.2, 0.25) is 0 Å². The highest BCUT2D eigenvalue weighted by molar-refractivity contribution is 6.32. The number of nitrogens with zero attached hydrogens (tertiary/aromatic N) is 1. The van der Waals surface area contributed by atoms with Crippen molar-refractivity contribution in [2.24, 2.45) is 4.99 Å².